The molecule has 0 spiro atoms. The van der Waals surface area contributed by atoms with Crippen LogP contribution >= 0.6 is 0 Å². The van der Waals surface area contributed by atoms with Crippen molar-refractivity contribution < 1.29 is 5.11 Å². The highest BCUT2D eigenvalue weighted by Crippen LogP contribution is 2.51. The molecule has 2 nitrogen and oxygen atoms in total. The Kier molecular flexibility index (Phi) is 4.33. The van der Waals surface area contributed by atoms with Crippen LogP contribution in [0.3, 0.4) is 0 Å². The first kappa shape index (κ1) is 13.9. The van der Waals surface area contributed by atoms with E-state index in [0.717, 1.165) is 51.4 Å². The Bertz CT molecular complexity index is 312. The lowest BCUT2D eigenvalue weighted by atomic mass is 9.60. The topological polar surface area (TPSA) is 44.0 Å². The minimum atomic E-state index is -0.703. The van der Waals surface area contributed by atoms with Crippen LogP contribution < -0.4 is 0 Å². The molecule has 0 aromatic carbocycles. The zero-order valence-electron chi connectivity index (χ0n) is 11.7. The number of nitrogens with zero attached hydrogens (tertiary/aromatic N) is 1. The van der Waals surface area contributed by atoms with Gasteiger partial charge >= 0.3 is 0 Å². The van der Waals surface area contributed by atoms with E-state index in [1.165, 1.54) is 19.3 Å². The molecule has 0 heterocycles. The average Bonchev–Trinajstić information content (AvgIpc) is 2.65. The van der Waals surface area contributed by atoms with E-state index in [0.29, 0.717) is 5.92 Å². The first-order chi connectivity index (χ1) is 8.66. The molecule has 1 N–H and O–H groups in total. The highest BCUT2D eigenvalue weighted by molar-refractivity contribution is 5.13. The van der Waals surface area contributed by atoms with Gasteiger partial charge in [0, 0.05) is 0 Å². The molecular weight excluding hydrogens is 222 g/mol. The largest absolute Gasteiger partial charge is 0.388 e. The summed E-state index contributed by atoms with van der Waals surface area (Å²) in [6, 6.07) is 2.56. The average molecular weight is 249 g/mol. The van der Waals surface area contributed by atoms with Crippen LogP contribution in [0, 0.1) is 22.7 Å². The van der Waals surface area contributed by atoms with Crippen LogP contribution in [0.1, 0.15) is 77.6 Å². The summed E-state index contributed by atoms with van der Waals surface area (Å²) in [5.41, 5.74) is -1.15. The predicted molar refractivity (Wildman–Crippen MR) is 72.9 cm³/mol. The maximum absolute atomic E-state index is 11.2. The first-order valence-electron chi connectivity index (χ1n) is 7.79. The molecule has 2 rings (SSSR count). The van der Waals surface area contributed by atoms with Gasteiger partial charge in [-0.25, -0.2) is 0 Å². The number of hydrogen-bond donors (Lipinski definition) is 1. The van der Waals surface area contributed by atoms with Crippen molar-refractivity contribution in [3.63, 3.8) is 0 Å². The van der Waals surface area contributed by atoms with Gasteiger partial charge in [0.15, 0.2) is 0 Å². The second-order valence-electron chi connectivity index (χ2n) is 6.51. The first-order valence-corrected chi connectivity index (χ1v) is 7.79. The summed E-state index contributed by atoms with van der Waals surface area (Å²) in [7, 11) is 0. The Hall–Kier alpha value is -0.550. The molecule has 2 heteroatoms. The van der Waals surface area contributed by atoms with Gasteiger partial charge in [-0.1, -0.05) is 51.9 Å². The van der Waals surface area contributed by atoms with Gasteiger partial charge in [-0.2, -0.15) is 5.26 Å². The lowest BCUT2D eigenvalue weighted by Crippen LogP contribution is -2.50. The zero-order chi connectivity index (χ0) is 13.1. The summed E-state index contributed by atoms with van der Waals surface area (Å²) in [6.07, 6.45) is 11.7. The highest BCUT2D eigenvalue weighted by atomic mass is 16.3. The minimum absolute atomic E-state index is 0.447. The van der Waals surface area contributed by atoms with E-state index in [1.807, 2.05) is 0 Å². The lowest BCUT2D eigenvalue weighted by molar-refractivity contribution is -0.103. The fourth-order valence-electron chi connectivity index (χ4n) is 4.16. The lowest BCUT2D eigenvalue weighted by Gasteiger charge is -2.47. The number of nitriles is 1. The van der Waals surface area contributed by atoms with Crippen molar-refractivity contribution >= 4 is 0 Å². The van der Waals surface area contributed by atoms with Gasteiger partial charge in [0.05, 0.1) is 17.1 Å². The summed E-state index contributed by atoms with van der Waals surface area (Å²) < 4.78 is 0. The van der Waals surface area contributed by atoms with E-state index in [1.54, 1.807) is 0 Å². The number of hydrogen-bond acceptors (Lipinski definition) is 2. The molecule has 2 atom stereocenters. The SMILES string of the molecule is CCC1CCCC(O)(C2(C#N)CCCCCC2)C1. The smallest absolute Gasteiger partial charge is 0.0860 e. The molecule has 0 radical (unpaired) electrons. The van der Waals surface area contributed by atoms with Gasteiger partial charge in [0.2, 0.25) is 0 Å². The van der Waals surface area contributed by atoms with Crippen LogP contribution in [0.4, 0.5) is 0 Å². The van der Waals surface area contributed by atoms with Crippen LogP contribution in [-0.2, 0) is 0 Å². The zero-order valence-corrected chi connectivity index (χ0v) is 11.7. The summed E-state index contributed by atoms with van der Waals surface area (Å²) in [5, 5.41) is 20.9. The van der Waals surface area contributed by atoms with E-state index >= 15 is 0 Å². The summed E-state index contributed by atoms with van der Waals surface area (Å²) in [5.74, 6) is 0.622. The Morgan fingerprint density at radius 3 is 2.33 bits per heavy atom. The van der Waals surface area contributed by atoms with Gasteiger partial charge in [0.1, 0.15) is 0 Å². The van der Waals surface area contributed by atoms with E-state index in [2.05, 4.69) is 13.0 Å². The van der Waals surface area contributed by atoms with Crippen molar-refractivity contribution in [2.24, 2.45) is 11.3 Å². The molecule has 0 amide bonds. The summed E-state index contributed by atoms with van der Waals surface area (Å²) in [6.45, 7) is 2.21. The molecule has 102 valence electrons. The van der Waals surface area contributed by atoms with Crippen LogP contribution in [0.15, 0.2) is 0 Å². The Morgan fingerprint density at radius 2 is 1.78 bits per heavy atom. The number of aliphatic hydroxyl groups is 1. The van der Waals surface area contributed by atoms with Crippen LogP contribution in [0.25, 0.3) is 0 Å². The summed E-state index contributed by atoms with van der Waals surface area (Å²) >= 11 is 0. The molecule has 0 aliphatic heterocycles. The molecule has 0 bridgehead atoms. The van der Waals surface area contributed by atoms with Crippen LogP contribution in [0.2, 0.25) is 0 Å². The van der Waals surface area contributed by atoms with Gasteiger partial charge in [-0.3, -0.25) is 0 Å². The molecule has 2 fully saturated rings. The Morgan fingerprint density at radius 1 is 1.11 bits per heavy atom. The Labute approximate surface area is 111 Å². The van der Waals surface area contributed by atoms with Crippen molar-refractivity contribution in [3.8, 4) is 6.07 Å². The summed E-state index contributed by atoms with van der Waals surface area (Å²) in [4.78, 5) is 0. The van der Waals surface area contributed by atoms with Crippen LogP contribution in [-0.4, -0.2) is 10.7 Å². The maximum atomic E-state index is 11.2. The van der Waals surface area contributed by atoms with Gasteiger partial charge < -0.3 is 5.11 Å². The van der Waals surface area contributed by atoms with Crippen molar-refractivity contribution in [2.45, 2.75) is 83.2 Å². The predicted octanol–water partition coefficient (Wildman–Crippen LogP) is 4.18. The molecule has 18 heavy (non-hydrogen) atoms. The second kappa shape index (κ2) is 5.61. The third kappa shape index (κ3) is 2.43. The monoisotopic (exact) mass is 249 g/mol. The van der Waals surface area contributed by atoms with E-state index in [4.69, 9.17) is 0 Å². The molecule has 2 aliphatic rings. The third-order valence-corrected chi connectivity index (χ3v) is 5.47. The molecule has 2 unspecified atom stereocenters. The quantitative estimate of drug-likeness (QED) is 0.746. The van der Waals surface area contributed by atoms with Crippen molar-refractivity contribution in [2.75, 3.05) is 0 Å². The molecule has 2 saturated carbocycles. The molecule has 0 aromatic rings. The maximum Gasteiger partial charge on any atom is 0.0860 e. The molecular formula is C16H27NO. The highest BCUT2D eigenvalue weighted by Gasteiger charge is 2.52. The molecule has 2 aliphatic carbocycles. The van der Waals surface area contributed by atoms with E-state index in [-0.39, 0.29) is 0 Å². The fourth-order valence-corrected chi connectivity index (χ4v) is 4.16. The van der Waals surface area contributed by atoms with Crippen LogP contribution in [0.5, 0.6) is 0 Å². The van der Waals surface area contributed by atoms with E-state index in [9.17, 15) is 10.4 Å². The van der Waals surface area contributed by atoms with Gasteiger partial charge in [-0.15, -0.1) is 0 Å². The minimum Gasteiger partial charge on any atom is -0.388 e. The van der Waals surface area contributed by atoms with Crippen molar-refractivity contribution in [3.05, 3.63) is 0 Å². The van der Waals surface area contributed by atoms with Gasteiger partial charge in [0.25, 0.3) is 0 Å². The Balaban J connectivity index is 2.21. The molecule has 0 saturated heterocycles. The normalized spacial score (nSPS) is 36.6. The van der Waals surface area contributed by atoms with Gasteiger partial charge in [-0.05, 0) is 31.6 Å². The molecule has 0 aromatic heterocycles. The fraction of sp³-hybridized carbons (Fsp3) is 0.938. The van der Waals surface area contributed by atoms with Crippen molar-refractivity contribution in [1.82, 2.24) is 0 Å². The van der Waals surface area contributed by atoms with Crippen molar-refractivity contribution in [1.29, 1.82) is 5.26 Å². The standard InChI is InChI=1S/C16H27NO/c1-2-14-8-7-11-16(18,12-14)15(13-17)9-5-3-4-6-10-15/h14,18H,2-12H2,1H3. The second-order valence-corrected chi connectivity index (χ2v) is 6.51. The van der Waals surface area contributed by atoms with E-state index < -0.39 is 11.0 Å². The third-order valence-electron chi connectivity index (χ3n) is 5.47. The number of rotatable bonds is 2.